The summed E-state index contributed by atoms with van der Waals surface area (Å²) in [6.07, 6.45) is 6.51. The van der Waals surface area contributed by atoms with E-state index in [0.717, 1.165) is 64.6 Å². The molecule has 0 aromatic rings. The molecule has 1 aliphatic carbocycles. The minimum atomic E-state index is -0.599. The van der Waals surface area contributed by atoms with Gasteiger partial charge in [0.1, 0.15) is 5.54 Å². The summed E-state index contributed by atoms with van der Waals surface area (Å²) < 4.78 is 0. The maximum absolute atomic E-state index is 12.6. The summed E-state index contributed by atoms with van der Waals surface area (Å²) in [6, 6.07) is -0.213. The lowest BCUT2D eigenvalue weighted by Gasteiger charge is -2.30. The number of imide groups is 1. The third-order valence-electron chi connectivity index (χ3n) is 4.86. The van der Waals surface area contributed by atoms with Gasteiger partial charge in [-0.2, -0.15) is 0 Å². The highest BCUT2D eigenvalue weighted by Gasteiger charge is 2.50. The monoisotopic (exact) mass is 363 g/mol. The molecule has 1 saturated carbocycles. The Balaban J connectivity index is 1.77. The SMILES string of the molecule is O=C1NC2(CCCCC2)C(=O)N1CCCCN(CCCl)CCCl. The number of halogens is 2. The molecule has 5 nitrogen and oxygen atoms in total. The Morgan fingerprint density at radius 2 is 1.65 bits per heavy atom. The van der Waals surface area contributed by atoms with Gasteiger partial charge in [0, 0.05) is 31.4 Å². The quantitative estimate of drug-likeness (QED) is 0.389. The molecule has 0 aromatic carbocycles. The summed E-state index contributed by atoms with van der Waals surface area (Å²) in [6.45, 7) is 3.04. The van der Waals surface area contributed by atoms with Crippen molar-refractivity contribution in [3.05, 3.63) is 0 Å². The summed E-state index contributed by atoms with van der Waals surface area (Å²) in [5, 5.41) is 2.95. The average molecular weight is 364 g/mol. The molecule has 2 aliphatic rings. The van der Waals surface area contributed by atoms with E-state index in [1.165, 1.54) is 4.90 Å². The van der Waals surface area contributed by atoms with Crippen molar-refractivity contribution >= 4 is 35.1 Å². The smallest absolute Gasteiger partial charge is 0.323 e. The molecule has 1 spiro atoms. The number of hydrogen-bond acceptors (Lipinski definition) is 3. The van der Waals surface area contributed by atoms with Gasteiger partial charge in [0.25, 0.3) is 5.91 Å². The van der Waals surface area contributed by atoms with E-state index in [1.54, 1.807) is 0 Å². The maximum Gasteiger partial charge on any atom is 0.325 e. The summed E-state index contributed by atoms with van der Waals surface area (Å²) in [5.74, 6) is 1.17. The lowest BCUT2D eigenvalue weighted by molar-refractivity contribution is -0.132. The molecule has 0 aromatic heterocycles. The van der Waals surface area contributed by atoms with Crippen LogP contribution in [0.2, 0.25) is 0 Å². The first-order valence-electron chi connectivity index (χ1n) is 8.61. The van der Waals surface area contributed by atoms with Crippen molar-refractivity contribution in [3.8, 4) is 0 Å². The Kier molecular flexibility index (Phi) is 7.44. The van der Waals surface area contributed by atoms with E-state index in [1.807, 2.05) is 0 Å². The summed E-state index contributed by atoms with van der Waals surface area (Å²) >= 11 is 11.6. The van der Waals surface area contributed by atoms with E-state index in [4.69, 9.17) is 23.2 Å². The van der Waals surface area contributed by atoms with Crippen LogP contribution < -0.4 is 5.32 Å². The lowest BCUT2D eigenvalue weighted by Crippen LogP contribution is -2.48. The molecule has 3 amide bonds. The first kappa shape index (κ1) is 18.8. The highest BCUT2D eigenvalue weighted by Crippen LogP contribution is 2.33. The molecule has 1 heterocycles. The van der Waals surface area contributed by atoms with Crippen molar-refractivity contribution in [1.82, 2.24) is 15.1 Å². The zero-order chi connectivity index (χ0) is 16.7. The molecule has 2 rings (SSSR count). The molecule has 0 atom stereocenters. The Labute approximate surface area is 148 Å². The normalized spacial score (nSPS) is 20.6. The van der Waals surface area contributed by atoms with Gasteiger partial charge in [0.2, 0.25) is 0 Å². The minimum absolute atomic E-state index is 0.0134. The molecule has 1 saturated heterocycles. The van der Waals surface area contributed by atoms with Crippen molar-refractivity contribution < 1.29 is 9.59 Å². The van der Waals surface area contributed by atoms with Crippen LogP contribution in [0.15, 0.2) is 0 Å². The van der Waals surface area contributed by atoms with E-state index in [0.29, 0.717) is 18.3 Å². The van der Waals surface area contributed by atoms with Crippen LogP contribution in [0.1, 0.15) is 44.9 Å². The van der Waals surface area contributed by atoms with Crippen molar-refractivity contribution in [2.45, 2.75) is 50.5 Å². The van der Waals surface area contributed by atoms with E-state index >= 15 is 0 Å². The molecule has 2 fully saturated rings. The van der Waals surface area contributed by atoms with Crippen molar-refractivity contribution in [1.29, 1.82) is 0 Å². The molecule has 0 radical (unpaired) electrons. The van der Waals surface area contributed by atoms with Gasteiger partial charge in [-0.25, -0.2) is 4.79 Å². The van der Waals surface area contributed by atoms with Gasteiger partial charge in [-0.1, -0.05) is 19.3 Å². The number of hydrogen-bond donors (Lipinski definition) is 1. The number of nitrogens with zero attached hydrogens (tertiary/aromatic N) is 2. The van der Waals surface area contributed by atoms with Crippen LogP contribution in [0.25, 0.3) is 0 Å². The Morgan fingerprint density at radius 1 is 1.00 bits per heavy atom. The van der Waals surface area contributed by atoms with E-state index in [2.05, 4.69) is 10.2 Å². The zero-order valence-electron chi connectivity index (χ0n) is 13.7. The van der Waals surface area contributed by atoms with Gasteiger partial charge in [-0.15, -0.1) is 23.2 Å². The van der Waals surface area contributed by atoms with Gasteiger partial charge >= 0.3 is 6.03 Å². The second-order valence-corrected chi connectivity index (χ2v) is 7.21. The van der Waals surface area contributed by atoms with Crippen molar-refractivity contribution in [3.63, 3.8) is 0 Å². The number of amides is 3. The zero-order valence-corrected chi connectivity index (χ0v) is 15.2. The first-order valence-corrected chi connectivity index (χ1v) is 9.68. The number of unbranched alkanes of at least 4 members (excludes halogenated alkanes) is 1. The molecule has 0 unspecified atom stereocenters. The van der Waals surface area contributed by atoms with Gasteiger partial charge in [0.15, 0.2) is 0 Å². The van der Waals surface area contributed by atoms with Crippen LogP contribution in [0.3, 0.4) is 0 Å². The minimum Gasteiger partial charge on any atom is -0.323 e. The Morgan fingerprint density at radius 3 is 2.26 bits per heavy atom. The predicted molar refractivity (Wildman–Crippen MR) is 93.2 cm³/mol. The van der Waals surface area contributed by atoms with E-state index < -0.39 is 5.54 Å². The third-order valence-corrected chi connectivity index (χ3v) is 5.20. The van der Waals surface area contributed by atoms with Gasteiger partial charge < -0.3 is 10.2 Å². The summed E-state index contributed by atoms with van der Waals surface area (Å²) in [7, 11) is 0. The van der Waals surface area contributed by atoms with Crippen LogP contribution in [-0.2, 0) is 4.79 Å². The molecule has 23 heavy (non-hydrogen) atoms. The Bertz CT molecular complexity index is 408. The van der Waals surface area contributed by atoms with Crippen LogP contribution in [0.4, 0.5) is 4.79 Å². The van der Waals surface area contributed by atoms with Gasteiger partial charge in [0.05, 0.1) is 0 Å². The second-order valence-electron chi connectivity index (χ2n) is 6.46. The number of alkyl halides is 2. The third kappa shape index (κ3) is 4.74. The highest BCUT2D eigenvalue weighted by atomic mass is 35.5. The average Bonchev–Trinajstić information content (AvgIpc) is 2.76. The lowest BCUT2D eigenvalue weighted by atomic mass is 9.82. The number of carbonyl (C=O) groups excluding carboxylic acids is 2. The first-order chi connectivity index (χ1) is 11.1. The van der Waals surface area contributed by atoms with Gasteiger partial charge in [-0.05, 0) is 32.2 Å². The van der Waals surface area contributed by atoms with Crippen LogP contribution in [0, 0.1) is 0 Å². The van der Waals surface area contributed by atoms with Crippen molar-refractivity contribution in [2.24, 2.45) is 0 Å². The standard InChI is InChI=1S/C16H27Cl2N3O2/c17-8-12-20(13-9-18)10-4-5-11-21-14(22)16(19-15(21)23)6-2-1-3-7-16/h1-13H2,(H,19,23). The van der Waals surface area contributed by atoms with E-state index in [-0.39, 0.29) is 11.9 Å². The fourth-order valence-electron chi connectivity index (χ4n) is 3.55. The molecule has 7 heteroatoms. The molecule has 1 aliphatic heterocycles. The number of urea groups is 1. The molecule has 1 N–H and O–H groups in total. The fraction of sp³-hybridized carbons (Fsp3) is 0.875. The number of carbonyl (C=O) groups is 2. The molecule has 132 valence electrons. The van der Waals surface area contributed by atoms with Crippen molar-refractivity contribution in [2.75, 3.05) is 37.9 Å². The Hall–Kier alpha value is -0.520. The fourth-order valence-corrected chi connectivity index (χ4v) is 4.03. The van der Waals surface area contributed by atoms with Crippen LogP contribution in [-0.4, -0.2) is 65.2 Å². The van der Waals surface area contributed by atoms with Crippen LogP contribution in [0.5, 0.6) is 0 Å². The van der Waals surface area contributed by atoms with Gasteiger partial charge in [-0.3, -0.25) is 9.69 Å². The second kappa shape index (κ2) is 9.09. The predicted octanol–water partition coefficient (Wildman–Crippen LogP) is 2.80. The molecular formula is C16H27Cl2N3O2. The largest absolute Gasteiger partial charge is 0.325 e. The maximum atomic E-state index is 12.6. The summed E-state index contributed by atoms with van der Waals surface area (Å²) in [5.41, 5.74) is -0.599. The van der Waals surface area contributed by atoms with Crippen LogP contribution >= 0.6 is 23.2 Å². The molecular weight excluding hydrogens is 337 g/mol. The molecule has 0 bridgehead atoms. The summed E-state index contributed by atoms with van der Waals surface area (Å²) in [4.78, 5) is 28.4. The number of rotatable bonds is 9. The number of nitrogens with one attached hydrogen (secondary N) is 1. The highest BCUT2D eigenvalue weighted by molar-refractivity contribution is 6.18. The topological polar surface area (TPSA) is 52.7 Å². The van der Waals surface area contributed by atoms with E-state index in [9.17, 15) is 9.59 Å².